The van der Waals surface area contributed by atoms with Crippen molar-refractivity contribution in [1.29, 1.82) is 0 Å². The van der Waals surface area contributed by atoms with Gasteiger partial charge in [-0.15, -0.1) is 0 Å². The van der Waals surface area contributed by atoms with E-state index in [0.717, 1.165) is 28.1 Å². The zero-order chi connectivity index (χ0) is 21.5. The Balaban J connectivity index is 1.78. The molecule has 6 heteroatoms. The summed E-state index contributed by atoms with van der Waals surface area (Å²) < 4.78 is 21.3. The zero-order valence-corrected chi connectivity index (χ0v) is 17.9. The highest BCUT2D eigenvalue weighted by Gasteiger charge is 2.06. The van der Waals surface area contributed by atoms with E-state index in [4.69, 9.17) is 18.9 Å². The van der Waals surface area contributed by atoms with Gasteiger partial charge >= 0.3 is 0 Å². The Labute approximate surface area is 176 Å². The van der Waals surface area contributed by atoms with Crippen molar-refractivity contribution in [2.75, 3.05) is 28.4 Å². The van der Waals surface area contributed by atoms with Gasteiger partial charge in [0, 0.05) is 5.56 Å². The number of methoxy groups -OCH3 is 4. The summed E-state index contributed by atoms with van der Waals surface area (Å²) in [6, 6.07) is 11.6. The molecular weight excluding hydrogens is 380 g/mol. The highest BCUT2D eigenvalue weighted by molar-refractivity contribution is 5.75. The van der Waals surface area contributed by atoms with Crippen LogP contribution in [-0.2, 0) is 0 Å². The molecule has 0 fully saturated rings. The first-order valence-corrected chi connectivity index (χ1v) is 9.44. The molecule has 0 aliphatic rings. The van der Waals surface area contributed by atoms with E-state index in [0.29, 0.717) is 23.0 Å². The Bertz CT molecular complexity index is 984. The van der Waals surface area contributed by atoms with Crippen molar-refractivity contribution in [3.8, 4) is 23.0 Å². The third-order valence-corrected chi connectivity index (χ3v) is 4.78. The number of nitrogens with zero attached hydrogens (tertiary/aromatic N) is 1. The Morgan fingerprint density at radius 1 is 0.667 bits per heavy atom. The molecule has 0 saturated heterocycles. The SMILES string of the molecule is COc1ccc(/C=C/c2n[nH]c(/C=C/c3ccc(OC)c(OC)c3)c2C)cc1OC. The molecule has 0 atom stereocenters. The molecule has 1 heterocycles. The molecule has 0 aliphatic carbocycles. The van der Waals surface area contributed by atoms with Crippen LogP contribution in [0.25, 0.3) is 24.3 Å². The molecule has 30 heavy (non-hydrogen) atoms. The summed E-state index contributed by atoms with van der Waals surface area (Å²) in [7, 11) is 6.50. The lowest BCUT2D eigenvalue weighted by molar-refractivity contribution is 0.355. The summed E-state index contributed by atoms with van der Waals surface area (Å²) in [4.78, 5) is 0. The van der Waals surface area contributed by atoms with Crippen molar-refractivity contribution < 1.29 is 18.9 Å². The van der Waals surface area contributed by atoms with E-state index in [2.05, 4.69) is 10.2 Å². The Hall–Kier alpha value is -3.67. The van der Waals surface area contributed by atoms with Gasteiger partial charge in [0.25, 0.3) is 0 Å². The fourth-order valence-corrected chi connectivity index (χ4v) is 3.02. The van der Waals surface area contributed by atoms with Gasteiger partial charge in [-0.2, -0.15) is 5.10 Å². The zero-order valence-electron chi connectivity index (χ0n) is 17.9. The molecule has 0 spiro atoms. The summed E-state index contributed by atoms with van der Waals surface area (Å²) >= 11 is 0. The van der Waals surface area contributed by atoms with Crippen LogP contribution < -0.4 is 18.9 Å². The van der Waals surface area contributed by atoms with Gasteiger partial charge in [-0.25, -0.2) is 0 Å². The molecule has 1 N–H and O–H groups in total. The normalized spacial score (nSPS) is 11.2. The van der Waals surface area contributed by atoms with Gasteiger partial charge in [-0.1, -0.05) is 24.3 Å². The van der Waals surface area contributed by atoms with Crippen molar-refractivity contribution in [2.45, 2.75) is 6.92 Å². The van der Waals surface area contributed by atoms with Gasteiger partial charge in [-0.3, -0.25) is 5.10 Å². The first-order valence-electron chi connectivity index (χ1n) is 9.44. The predicted octanol–water partition coefficient (Wildman–Crippen LogP) is 5.09. The van der Waals surface area contributed by atoms with Crippen molar-refractivity contribution in [3.63, 3.8) is 0 Å². The topological polar surface area (TPSA) is 65.6 Å². The number of H-pyrrole nitrogens is 1. The first kappa shape index (κ1) is 21.0. The van der Waals surface area contributed by atoms with Crippen LogP contribution in [0.2, 0.25) is 0 Å². The van der Waals surface area contributed by atoms with Gasteiger partial charge in [0.15, 0.2) is 23.0 Å². The van der Waals surface area contributed by atoms with Crippen LogP contribution in [0.5, 0.6) is 23.0 Å². The lowest BCUT2D eigenvalue weighted by Gasteiger charge is -2.07. The van der Waals surface area contributed by atoms with E-state index < -0.39 is 0 Å². The lowest BCUT2D eigenvalue weighted by atomic mass is 10.1. The van der Waals surface area contributed by atoms with E-state index in [1.54, 1.807) is 28.4 Å². The average Bonchev–Trinajstić information content (AvgIpc) is 3.14. The number of aromatic amines is 1. The molecular formula is C24H26N2O4. The molecule has 0 aliphatic heterocycles. The van der Waals surface area contributed by atoms with Crippen LogP contribution in [0.1, 0.15) is 28.1 Å². The smallest absolute Gasteiger partial charge is 0.161 e. The molecule has 0 radical (unpaired) electrons. The van der Waals surface area contributed by atoms with Crippen LogP contribution in [-0.4, -0.2) is 38.6 Å². The van der Waals surface area contributed by atoms with E-state index in [-0.39, 0.29) is 0 Å². The fourth-order valence-electron chi connectivity index (χ4n) is 3.02. The summed E-state index contributed by atoms with van der Waals surface area (Å²) in [5.41, 5.74) is 4.87. The second-order valence-electron chi connectivity index (χ2n) is 6.54. The molecule has 0 saturated carbocycles. The molecule has 3 aromatic rings. The monoisotopic (exact) mass is 406 g/mol. The Morgan fingerprint density at radius 2 is 1.17 bits per heavy atom. The molecule has 0 amide bonds. The minimum absolute atomic E-state index is 0.692. The standard InChI is InChI=1S/C24H26N2O4/c1-16-19(10-6-17-8-12-21(27-2)23(14-17)29-4)25-26-20(16)11-7-18-9-13-22(28-3)24(15-18)30-5/h6-15H,1-5H3,(H,25,26)/b10-6+,11-7+. The van der Waals surface area contributed by atoms with Crippen molar-refractivity contribution >= 4 is 24.3 Å². The second kappa shape index (κ2) is 9.69. The van der Waals surface area contributed by atoms with Gasteiger partial charge < -0.3 is 18.9 Å². The van der Waals surface area contributed by atoms with Gasteiger partial charge in [-0.05, 0) is 54.5 Å². The fraction of sp³-hybridized carbons (Fsp3) is 0.208. The van der Waals surface area contributed by atoms with Crippen LogP contribution in [0.3, 0.4) is 0 Å². The van der Waals surface area contributed by atoms with E-state index in [1.165, 1.54) is 0 Å². The average molecular weight is 406 g/mol. The van der Waals surface area contributed by atoms with Crippen LogP contribution in [0.4, 0.5) is 0 Å². The first-order chi connectivity index (χ1) is 14.6. The third kappa shape index (κ3) is 4.66. The minimum atomic E-state index is 0.692. The molecule has 0 unspecified atom stereocenters. The number of aromatic nitrogens is 2. The number of rotatable bonds is 8. The van der Waals surface area contributed by atoms with E-state index in [9.17, 15) is 0 Å². The largest absolute Gasteiger partial charge is 0.493 e. The summed E-state index contributed by atoms with van der Waals surface area (Å²) in [6.45, 7) is 2.03. The van der Waals surface area contributed by atoms with Crippen LogP contribution >= 0.6 is 0 Å². The number of ether oxygens (including phenoxy) is 4. The molecule has 3 rings (SSSR count). The number of hydrogen-bond acceptors (Lipinski definition) is 5. The number of benzene rings is 2. The molecule has 0 bridgehead atoms. The summed E-state index contributed by atoms with van der Waals surface area (Å²) in [6.07, 6.45) is 7.97. The van der Waals surface area contributed by atoms with E-state index >= 15 is 0 Å². The molecule has 2 aromatic carbocycles. The third-order valence-electron chi connectivity index (χ3n) is 4.78. The highest BCUT2D eigenvalue weighted by Crippen LogP contribution is 2.29. The van der Waals surface area contributed by atoms with Crippen molar-refractivity contribution in [2.24, 2.45) is 0 Å². The Morgan fingerprint density at radius 3 is 1.67 bits per heavy atom. The molecule has 156 valence electrons. The van der Waals surface area contributed by atoms with Crippen LogP contribution in [0.15, 0.2) is 36.4 Å². The van der Waals surface area contributed by atoms with E-state index in [1.807, 2.05) is 67.6 Å². The number of nitrogens with one attached hydrogen (secondary N) is 1. The molecule has 6 nitrogen and oxygen atoms in total. The van der Waals surface area contributed by atoms with Gasteiger partial charge in [0.05, 0.1) is 39.8 Å². The summed E-state index contributed by atoms with van der Waals surface area (Å²) in [5.74, 6) is 2.79. The van der Waals surface area contributed by atoms with Crippen molar-refractivity contribution in [3.05, 3.63) is 64.5 Å². The maximum Gasteiger partial charge on any atom is 0.161 e. The molecule has 1 aromatic heterocycles. The number of hydrogen-bond donors (Lipinski definition) is 1. The van der Waals surface area contributed by atoms with Crippen LogP contribution in [0, 0.1) is 6.92 Å². The highest BCUT2D eigenvalue weighted by atomic mass is 16.5. The minimum Gasteiger partial charge on any atom is -0.493 e. The second-order valence-corrected chi connectivity index (χ2v) is 6.54. The summed E-state index contributed by atoms with van der Waals surface area (Å²) in [5, 5.41) is 7.50. The predicted molar refractivity (Wildman–Crippen MR) is 120 cm³/mol. The van der Waals surface area contributed by atoms with Gasteiger partial charge in [0.1, 0.15) is 0 Å². The quantitative estimate of drug-likeness (QED) is 0.564. The maximum absolute atomic E-state index is 5.36. The lowest BCUT2D eigenvalue weighted by Crippen LogP contribution is -1.90. The Kier molecular flexibility index (Phi) is 6.80. The maximum atomic E-state index is 5.36. The van der Waals surface area contributed by atoms with Crippen molar-refractivity contribution in [1.82, 2.24) is 10.2 Å². The van der Waals surface area contributed by atoms with Gasteiger partial charge in [0.2, 0.25) is 0 Å².